The molecule has 2 fully saturated rings. The molecular formula is C23H31F2N5O. The minimum atomic E-state index is -2.67. The van der Waals surface area contributed by atoms with Crippen molar-refractivity contribution in [3.05, 3.63) is 41.2 Å². The fraction of sp³-hybridized carbons (Fsp3) is 0.522. The number of amidine groups is 1. The van der Waals surface area contributed by atoms with Crippen LogP contribution < -0.4 is 15.5 Å². The van der Waals surface area contributed by atoms with E-state index in [9.17, 15) is 13.6 Å². The number of halogens is 2. The van der Waals surface area contributed by atoms with Crippen molar-refractivity contribution in [1.29, 1.82) is 0 Å². The Morgan fingerprint density at radius 2 is 2.19 bits per heavy atom. The molecule has 1 aromatic heterocycles. The second-order valence-corrected chi connectivity index (χ2v) is 8.19. The van der Waals surface area contributed by atoms with Crippen LogP contribution in [0.1, 0.15) is 44.9 Å². The number of piperazine rings is 1. The molecular weight excluding hydrogens is 400 g/mol. The maximum atomic E-state index is 14.0. The van der Waals surface area contributed by atoms with Gasteiger partial charge in [0.25, 0.3) is 0 Å². The van der Waals surface area contributed by atoms with Crippen LogP contribution in [0.2, 0.25) is 0 Å². The molecule has 0 radical (unpaired) electrons. The Bertz CT molecular complexity index is 909. The van der Waals surface area contributed by atoms with Gasteiger partial charge in [0.2, 0.25) is 12.3 Å². The third-order valence-corrected chi connectivity index (χ3v) is 5.58. The average molecular weight is 432 g/mol. The van der Waals surface area contributed by atoms with Crippen LogP contribution in [-0.4, -0.2) is 48.8 Å². The first-order valence-corrected chi connectivity index (χ1v) is 10.8. The number of allylic oxidation sites excluding steroid dienone is 2. The summed E-state index contributed by atoms with van der Waals surface area (Å²) in [6.07, 6.45) is 1.18. The molecule has 0 spiro atoms. The standard InChI is InChI=1S/C23H31F2N5O/c1-5-6-7-27-23-21(17(22(24)25)12-20(31)29-23)16(4)18-10-14(2)11-19(28-18)30-9-8-26-15(3)13-30/h6-7,10-11,15,17,22,26H,5,8-9,12-13H2,1-4H3,(H,27,29,31)/b7-6+,21-16+. The summed E-state index contributed by atoms with van der Waals surface area (Å²) in [5, 5.41) is 6.09. The van der Waals surface area contributed by atoms with Gasteiger partial charge in [0, 0.05) is 43.9 Å². The molecule has 2 aliphatic rings. The van der Waals surface area contributed by atoms with Crippen molar-refractivity contribution in [3.8, 4) is 0 Å². The molecule has 3 heterocycles. The Hall–Kier alpha value is -2.61. The van der Waals surface area contributed by atoms with Crippen LogP contribution in [0, 0.1) is 12.8 Å². The molecule has 0 aliphatic carbocycles. The van der Waals surface area contributed by atoms with Gasteiger partial charge in [-0.1, -0.05) is 13.0 Å². The summed E-state index contributed by atoms with van der Waals surface area (Å²) in [6, 6.07) is 4.27. The molecule has 2 atom stereocenters. The SMILES string of the molecule is CC/C=C/N=C1\NC(=O)CC(C(F)F)\C1=C(\C)c1cc(C)cc(N2CCNC(C)C2)n1. The number of alkyl halides is 2. The highest BCUT2D eigenvalue weighted by Crippen LogP contribution is 2.34. The molecule has 2 saturated heterocycles. The Morgan fingerprint density at radius 1 is 1.42 bits per heavy atom. The van der Waals surface area contributed by atoms with Gasteiger partial charge in [0.15, 0.2) is 0 Å². The Morgan fingerprint density at radius 3 is 2.87 bits per heavy atom. The van der Waals surface area contributed by atoms with Crippen LogP contribution in [0.25, 0.3) is 5.57 Å². The second kappa shape index (κ2) is 10.1. The molecule has 0 aromatic carbocycles. The van der Waals surface area contributed by atoms with Gasteiger partial charge in [-0.3, -0.25) is 4.79 Å². The average Bonchev–Trinajstić information content (AvgIpc) is 2.72. The van der Waals surface area contributed by atoms with E-state index in [-0.39, 0.29) is 12.3 Å². The summed E-state index contributed by atoms with van der Waals surface area (Å²) in [5.74, 6) is -0.642. The van der Waals surface area contributed by atoms with Gasteiger partial charge >= 0.3 is 0 Å². The largest absolute Gasteiger partial charge is 0.354 e. The van der Waals surface area contributed by atoms with Crippen molar-refractivity contribution in [3.63, 3.8) is 0 Å². The molecule has 1 amide bonds. The molecule has 2 aliphatic heterocycles. The van der Waals surface area contributed by atoms with Crippen molar-refractivity contribution >= 4 is 23.1 Å². The summed E-state index contributed by atoms with van der Waals surface area (Å²) in [4.78, 5) is 23.4. The lowest BCUT2D eigenvalue weighted by Crippen LogP contribution is -2.49. The zero-order valence-electron chi connectivity index (χ0n) is 18.6. The Balaban J connectivity index is 2.09. The topological polar surface area (TPSA) is 69.6 Å². The van der Waals surface area contributed by atoms with E-state index < -0.39 is 18.3 Å². The minimum absolute atomic E-state index is 0.185. The molecule has 1 aromatic rings. The highest BCUT2D eigenvalue weighted by molar-refractivity contribution is 6.14. The molecule has 3 rings (SSSR count). The second-order valence-electron chi connectivity index (χ2n) is 8.19. The number of piperidine rings is 1. The lowest BCUT2D eigenvalue weighted by Gasteiger charge is -2.33. The molecule has 2 unspecified atom stereocenters. The number of hydrogen-bond donors (Lipinski definition) is 2. The normalized spacial score (nSPS) is 25.5. The number of aliphatic imine (C=N–C) groups is 1. The van der Waals surface area contributed by atoms with Crippen molar-refractivity contribution < 1.29 is 13.6 Å². The number of amides is 1. The molecule has 6 nitrogen and oxygen atoms in total. The number of carbonyl (C=O) groups excluding carboxylic acids is 1. The van der Waals surface area contributed by atoms with E-state index >= 15 is 0 Å². The first kappa shape index (κ1) is 23.1. The first-order valence-electron chi connectivity index (χ1n) is 10.8. The minimum Gasteiger partial charge on any atom is -0.354 e. The molecule has 0 saturated carbocycles. The van der Waals surface area contributed by atoms with E-state index in [2.05, 4.69) is 27.4 Å². The van der Waals surface area contributed by atoms with Crippen molar-refractivity contribution in [2.75, 3.05) is 24.5 Å². The Labute approximate surface area is 182 Å². The van der Waals surface area contributed by atoms with E-state index in [1.807, 2.05) is 32.1 Å². The summed E-state index contributed by atoms with van der Waals surface area (Å²) < 4.78 is 27.9. The van der Waals surface area contributed by atoms with Gasteiger partial charge in [0.1, 0.15) is 11.7 Å². The van der Waals surface area contributed by atoms with Crippen molar-refractivity contribution in [1.82, 2.24) is 15.6 Å². The quantitative estimate of drug-likeness (QED) is 0.746. The summed E-state index contributed by atoms with van der Waals surface area (Å²) in [6.45, 7) is 10.4. The number of hydrogen-bond acceptors (Lipinski definition) is 5. The zero-order chi connectivity index (χ0) is 22.5. The van der Waals surface area contributed by atoms with E-state index in [0.29, 0.717) is 22.9 Å². The third-order valence-electron chi connectivity index (χ3n) is 5.58. The van der Waals surface area contributed by atoms with E-state index in [1.165, 1.54) is 0 Å². The van der Waals surface area contributed by atoms with Crippen molar-refractivity contribution in [2.24, 2.45) is 10.9 Å². The van der Waals surface area contributed by atoms with Crippen molar-refractivity contribution in [2.45, 2.75) is 53.0 Å². The number of aromatic nitrogens is 1. The zero-order valence-corrected chi connectivity index (χ0v) is 18.6. The number of rotatable bonds is 5. The molecule has 168 valence electrons. The van der Waals surface area contributed by atoms with Crippen LogP contribution >= 0.6 is 0 Å². The van der Waals surface area contributed by atoms with Gasteiger partial charge < -0.3 is 15.5 Å². The van der Waals surface area contributed by atoms with Crippen LogP contribution in [-0.2, 0) is 4.79 Å². The van der Waals surface area contributed by atoms with Crippen LogP contribution in [0.3, 0.4) is 0 Å². The van der Waals surface area contributed by atoms with Gasteiger partial charge in [-0.15, -0.1) is 0 Å². The molecule has 2 N–H and O–H groups in total. The highest BCUT2D eigenvalue weighted by Gasteiger charge is 2.36. The number of nitrogens with zero attached hydrogens (tertiary/aromatic N) is 3. The number of nitrogens with one attached hydrogen (secondary N) is 2. The van der Waals surface area contributed by atoms with Gasteiger partial charge in [-0.05, 0) is 50.5 Å². The maximum Gasteiger partial charge on any atom is 0.246 e. The highest BCUT2D eigenvalue weighted by atomic mass is 19.3. The first-order chi connectivity index (χ1) is 14.8. The molecule has 31 heavy (non-hydrogen) atoms. The van der Waals surface area contributed by atoms with Crippen LogP contribution in [0.5, 0.6) is 0 Å². The van der Waals surface area contributed by atoms with E-state index in [4.69, 9.17) is 4.98 Å². The maximum absolute atomic E-state index is 14.0. The van der Waals surface area contributed by atoms with Crippen LogP contribution in [0.4, 0.5) is 14.6 Å². The smallest absolute Gasteiger partial charge is 0.246 e. The lowest BCUT2D eigenvalue weighted by atomic mass is 9.86. The fourth-order valence-electron chi connectivity index (χ4n) is 4.01. The van der Waals surface area contributed by atoms with E-state index in [1.54, 1.807) is 13.1 Å². The van der Waals surface area contributed by atoms with E-state index in [0.717, 1.165) is 37.4 Å². The number of carbonyl (C=O) groups is 1. The predicted octanol–water partition coefficient (Wildman–Crippen LogP) is 3.69. The summed E-state index contributed by atoms with van der Waals surface area (Å²) in [7, 11) is 0. The predicted molar refractivity (Wildman–Crippen MR) is 120 cm³/mol. The van der Waals surface area contributed by atoms with Gasteiger partial charge in [-0.25, -0.2) is 18.8 Å². The number of aryl methyl sites for hydroxylation is 1. The lowest BCUT2D eigenvalue weighted by molar-refractivity contribution is -0.122. The monoisotopic (exact) mass is 431 g/mol. The fourth-order valence-corrected chi connectivity index (χ4v) is 4.01. The third kappa shape index (κ3) is 5.55. The molecule has 8 heteroatoms. The summed E-state index contributed by atoms with van der Waals surface area (Å²) >= 11 is 0. The Kier molecular flexibility index (Phi) is 7.54. The number of anilines is 1. The number of pyridine rings is 1. The van der Waals surface area contributed by atoms with Gasteiger partial charge in [0.05, 0.1) is 11.6 Å². The van der Waals surface area contributed by atoms with Gasteiger partial charge in [-0.2, -0.15) is 0 Å². The molecule has 0 bridgehead atoms. The summed E-state index contributed by atoms with van der Waals surface area (Å²) in [5.41, 5.74) is 2.60. The van der Waals surface area contributed by atoms with Crippen LogP contribution in [0.15, 0.2) is 35.0 Å².